The molecule has 0 bridgehead atoms. The van der Waals surface area contributed by atoms with E-state index in [0.717, 1.165) is 25.7 Å². The van der Waals surface area contributed by atoms with Crippen LogP contribution in [0.3, 0.4) is 0 Å². The first kappa shape index (κ1) is 12.5. The van der Waals surface area contributed by atoms with Crippen LogP contribution in [-0.2, 0) is 0 Å². The molecule has 0 unspecified atom stereocenters. The smallest absolute Gasteiger partial charge is 0.349 e. The average molecular weight is 252 g/mol. The first-order valence-electron chi connectivity index (χ1n) is 6.06. The highest BCUT2D eigenvalue weighted by atomic mass is 16.6. The Labute approximate surface area is 105 Å². The minimum Gasteiger partial charge on any atom is -0.469 e. The second kappa shape index (κ2) is 5.61. The quantitative estimate of drug-likeness (QED) is 0.652. The average Bonchev–Trinajstić information content (AvgIpc) is 2.39. The topological polar surface area (TPSA) is 90.2 Å². The zero-order valence-electron chi connectivity index (χ0n) is 10.3. The Morgan fingerprint density at radius 2 is 2.17 bits per heavy atom. The normalized spacial score (nSPS) is 16.3. The van der Waals surface area contributed by atoms with Gasteiger partial charge in [-0.15, -0.1) is 0 Å². The summed E-state index contributed by atoms with van der Waals surface area (Å²) in [5.74, 6) is 0.387. The first-order chi connectivity index (χ1) is 8.70. The fraction of sp³-hybridized carbons (Fsp3) is 0.636. The summed E-state index contributed by atoms with van der Waals surface area (Å²) in [7, 11) is 1.66. The molecule has 0 aromatic carbocycles. The van der Waals surface area contributed by atoms with Gasteiger partial charge in [0.2, 0.25) is 5.95 Å². The van der Waals surface area contributed by atoms with E-state index in [1.807, 2.05) is 0 Å². The molecule has 7 nitrogen and oxygen atoms in total. The van der Waals surface area contributed by atoms with Crippen LogP contribution in [0.15, 0.2) is 6.20 Å². The Balaban J connectivity index is 2.19. The van der Waals surface area contributed by atoms with Gasteiger partial charge in [-0.1, -0.05) is 6.42 Å². The Bertz CT molecular complexity index is 432. The van der Waals surface area contributed by atoms with Crippen molar-refractivity contribution in [3.63, 3.8) is 0 Å². The monoisotopic (exact) mass is 252 g/mol. The van der Waals surface area contributed by atoms with E-state index in [-0.39, 0.29) is 17.7 Å². The number of hydrogen-bond donors (Lipinski definition) is 1. The number of ether oxygens (including phenoxy) is 1. The summed E-state index contributed by atoms with van der Waals surface area (Å²) >= 11 is 0. The van der Waals surface area contributed by atoms with Crippen molar-refractivity contribution in [2.45, 2.75) is 38.2 Å². The second-order valence-corrected chi connectivity index (χ2v) is 4.27. The second-order valence-electron chi connectivity index (χ2n) is 4.27. The zero-order chi connectivity index (χ0) is 13.0. The fourth-order valence-electron chi connectivity index (χ4n) is 2.03. The maximum absolute atomic E-state index is 10.9. The molecule has 1 aromatic rings. The van der Waals surface area contributed by atoms with E-state index in [0.29, 0.717) is 5.95 Å². The minimum atomic E-state index is -0.516. The molecule has 1 aliphatic carbocycles. The number of hydrogen-bond acceptors (Lipinski definition) is 6. The molecule has 0 saturated heterocycles. The van der Waals surface area contributed by atoms with Crippen LogP contribution in [0.4, 0.5) is 11.6 Å². The molecular weight excluding hydrogens is 236 g/mol. The third-order valence-electron chi connectivity index (χ3n) is 2.99. The van der Waals surface area contributed by atoms with Gasteiger partial charge in [0.25, 0.3) is 5.88 Å². The van der Waals surface area contributed by atoms with Gasteiger partial charge >= 0.3 is 5.69 Å². The molecule has 7 heteroatoms. The van der Waals surface area contributed by atoms with Crippen molar-refractivity contribution in [1.82, 2.24) is 9.97 Å². The lowest BCUT2D eigenvalue weighted by Gasteiger charge is -2.22. The lowest BCUT2D eigenvalue weighted by molar-refractivity contribution is -0.386. The Morgan fingerprint density at radius 1 is 1.44 bits per heavy atom. The molecule has 0 amide bonds. The van der Waals surface area contributed by atoms with Crippen molar-refractivity contribution < 1.29 is 9.66 Å². The minimum absolute atomic E-state index is 0.0251. The van der Waals surface area contributed by atoms with Gasteiger partial charge in [-0.2, -0.15) is 4.98 Å². The first-order valence-corrected chi connectivity index (χ1v) is 6.06. The summed E-state index contributed by atoms with van der Waals surface area (Å²) in [6.45, 7) is 0. The molecule has 1 aromatic heterocycles. The van der Waals surface area contributed by atoms with Gasteiger partial charge in [0.15, 0.2) is 0 Å². The molecule has 0 spiro atoms. The van der Waals surface area contributed by atoms with E-state index < -0.39 is 4.92 Å². The van der Waals surface area contributed by atoms with Crippen LogP contribution in [0.1, 0.15) is 32.1 Å². The summed E-state index contributed by atoms with van der Waals surface area (Å²) in [5, 5.41) is 13.6. The van der Waals surface area contributed by atoms with E-state index in [9.17, 15) is 10.1 Å². The third-order valence-corrected chi connectivity index (χ3v) is 2.99. The van der Waals surface area contributed by atoms with E-state index >= 15 is 0 Å². The number of aromatic nitrogens is 2. The van der Waals surface area contributed by atoms with Crippen molar-refractivity contribution in [1.29, 1.82) is 0 Å². The molecule has 0 radical (unpaired) electrons. The van der Waals surface area contributed by atoms with Crippen LogP contribution < -0.4 is 10.1 Å². The lowest BCUT2D eigenvalue weighted by Crippen LogP contribution is -2.21. The van der Waals surface area contributed by atoms with Gasteiger partial charge in [0.05, 0.1) is 4.92 Å². The number of nitrogens with one attached hydrogen (secondary N) is 1. The Morgan fingerprint density at radius 3 is 2.78 bits per heavy atom. The molecule has 1 saturated carbocycles. The van der Waals surface area contributed by atoms with Gasteiger partial charge in [-0.3, -0.25) is 10.1 Å². The summed E-state index contributed by atoms with van der Waals surface area (Å²) in [6.07, 6.45) is 6.46. The van der Waals surface area contributed by atoms with Gasteiger partial charge in [0.1, 0.15) is 12.3 Å². The highest BCUT2D eigenvalue weighted by Crippen LogP contribution is 2.29. The van der Waals surface area contributed by atoms with Crippen molar-refractivity contribution in [3.8, 4) is 5.88 Å². The molecule has 1 heterocycles. The maximum atomic E-state index is 10.9. The summed E-state index contributed by atoms with van der Waals surface area (Å²) < 4.78 is 5.66. The van der Waals surface area contributed by atoms with Crippen LogP contribution in [0.25, 0.3) is 0 Å². The van der Waals surface area contributed by atoms with E-state index in [4.69, 9.17) is 4.74 Å². The number of nitrogens with zero attached hydrogens (tertiary/aromatic N) is 3. The molecule has 98 valence electrons. The predicted octanol–water partition coefficient (Wildman–Crippen LogP) is 2.14. The van der Waals surface area contributed by atoms with Crippen molar-refractivity contribution in [2.75, 3.05) is 12.4 Å². The largest absolute Gasteiger partial charge is 0.469 e. The van der Waals surface area contributed by atoms with Gasteiger partial charge in [-0.05, 0) is 25.7 Å². The standard InChI is InChI=1S/C11H16N4O3/c1-12-11-13-7-9(15(16)17)10(14-11)18-8-5-3-2-4-6-8/h7-8H,2-6H2,1H3,(H,12,13,14). The van der Waals surface area contributed by atoms with Crippen LogP contribution in [0.5, 0.6) is 5.88 Å². The van der Waals surface area contributed by atoms with Gasteiger partial charge in [-0.25, -0.2) is 4.98 Å². The van der Waals surface area contributed by atoms with Crippen LogP contribution >= 0.6 is 0 Å². The molecule has 1 fully saturated rings. The van der Waals surface area contributed by atoms with Gasteiger partial charge in [0, 0.05) is 7.05 Å². The zero-order valence-corrected chi connectivity index (χ0v) is 10.3. The molecule has 18 heavy (non-hydrogen) atoms. The third kappa shape index (κ3) is 2.85. The molecule has 2 rings (SSSR count). The van der Waals surface area contributed by atoms with Crippen LogP contribution in [-0.4, -0.2) is 28.0 Å². The van der Waals surface area contributed by atoms with Crippen molar-refractivity contribution >= 4 is 11.6 Å². The van der Waals surface area contributed by atoms with E-state index in [1.54, 1.807) is 7.05 Å². The molecule has 0 aliphatic heterocycles. The van der Waals surface area contributed by atoms with Crippen LogP contribution in [0.2, 0.25) is 0 Å². The van der Waals surface area contributed by atoms with E-state index in [2.05, 4.69) is 15.3 Å². The molecular formula is C11H16N4O3. The lowest BCUT2D eigenvalue weighted by atomic mass is 9.98. The number of anilines is 1. The SMILES string of the molecule is CNc1ncc([N+](=O)[O-])c(OC2CCCCC2)n1. The molecule has 0 atom stereocenters. The Kier molecular flexibility index (Phi) is 3.91. The van der Waals surface area contributed by atoms with E-state index in [1.165, 1.54) is 12.6 Å². The van der Waals surface area contributed by atoms with Crippen molar-refractivity contribution in [2.24, 2.45) is 0 Å². The Hall–Kier alpha value is -1.92. The van der Waals surface area contributed by atoms with Gasteiger partial charge < -0.3 is 10.1 Å². The highest BCUT2D eigenvalue weighted by molar-refractivity contribution is 5.43. The molecule has 1 N–H and O–H groups in total. The maximum Gasteiger partial charge on any atom is 0.349 e. The summed E-state index contributed by atoms with van der Waals surface area (Å²) in [6, 6.07) is 0. The van der Waals surface area contributed by atoms with Crippen LogP contribution in [0, 0.1) is 10.1 Å². The highest BCUT2D eigenvalue weighted by Gasteiger charge is 2.23. The molecule has 1 aliphatic rings. The summed E-state index contributed by atoms with van der Waals surface area (Å²) in [4.78, 5) is 18.2. The van der Waals surface area contributed by atoms with Crippen molar-refractivity contribution in [3.05, 3.63) is 16.3 Å². The fourth-order valence-corrected chi connectivity index (χ4v) is 2.03. The number of rotatable bonds is 4. The summed E-state index contributed by atoms with van der Waals surface area (Å²) in [5.41, 5.74) is -0.181. The number of nitro groups is 1. The predicted molar refractivity (Wildman–Crippen MR) is 65.7 cm³/mol.